The van der Waals surface area contributed by atoms with Gasteiger partial charge in [0.15, 0.2) is 0 Å². The molecule has 0 bridgehead atoms. The molecule has 2 N–H and O–H groups in total. The number of halogens is 2. The summed E-state index contributed by atoms with van der Waals surface area (Å²) in [6.07, 6.45) is 0. The molecule has 0 aliphatic rings. The smallest absolute Gasteiger partial charge is 0.261 e. The maximum atomic E-state index is 12.4. The van der Waals surface area contributed by atoms with Crippen molar-refractivity contribution < 1.29 is 13.2 Å². The Morgan fingerprint density at radius 2 is 1.37 bits per heavy atom. The van der Waals surface area contributed by atoms with Crippen LogP contribution in [0.15, 0.2) is 77.7 Å². The SMILES string of the molecule is O=C(Nc1ccc(S(=O)(=O)Nc2ccccc2)cc1)c1cc(Cl)cc(Cl)c1. The summed E-state index contributed by atoms with van der Waals surface area (Å²) in [5.41, 5.74) is 1.21. The van der Waals surface area contributed by atoms with Gasteiger partial charge in [-0.1, -0.05) is 41.4 Å². The van der Waals surface area contributed by atoms with E-state index in [0.29, 0.717) is 27.0 Å². The lowest BCUT2D eigenvalue weighted by Gasteiger charge is -2.10. The van der Waals surface area contributed by atoms with E-state index in [1.807, 2.05) is 0 Å². The molecule has 8 heteroatoms. The van der Waals surface area contributed by atoms with E-state index in [0.717, 1.165) is 0 Å². The molecule has 0 aromatic heterocycles. The fourth-order valence-electron chi connectivity index (χ4n) is 2.33. The summed E-state index contributed by atoms with van der Waals surface area (Å²) < 4.78 is 27.3. The van der Waals surface area contributed by atoms with Gasteiger partial charge in [-0.3, -0.25) is 9.52 Å². The van der Waals surface area contributed by atoms with Crippen LogP contribution in [0.4, 0.5) is 11.4 Å². The second-order valence-electron chi connectivity index (χ2n) is 5.61. The maximum Gasteiger partial charge on any atom is 0.261 e. The normalized spacial score (nSPS) is 11.0. The number of carbonyl (C=O) groups excluding carboxylic acids is 1. The summed E-state index contributed by atoms with van der Waals surface area (Å²) in [6, 6.07) is 18.9. The van der Waals surface area contributed by atoms with Crippen LogP contribution in [0.2, 0.25) is 10.0 Å². The predicted molar refractivity (Wildman–Crippen MR) is 108 cm³/mol. The van der Waals surface area contributed by atoms with Gasteiger partial charge in [0.1, 0.15) is 0 Å². The van der Waals surface area contributed by atoms with Crippen LogP contribution < -0.4 is 10.0 Å². The van der Waals surface area contributed by atoms with Gasteiger partial charge in [0.2, 0.25) is 0 Å². The van der Waals surface area contributed by atoms with Gasteiger partial charge in [0.05, 0.1) is 4.90 Å². The van der Waals surface area contributed by atoms with E-state index in [-0.39, 0.29) is 4.90 Å². The van der Waals surface area contributed by atoms with Crippen LogP contribution >= 0.6 is 23.2 Å². The zero-order valence-corrected chi connectivity index (χ0v) is 16.1. The molecule has 0 atom stereocenters. The monoisotopic (exact) mass is 420 g/mol. The van der Waals surface area contributed by atoms with Crippen molar-refractivity contribution in [1.29, 1.82) is 0 Å². The van der Waals surface area contributed by atoms with Gasteiger partial charge in [-0.25, -0.2) is 8.42 Å². The minimum Gasteiger partial charge on any atom is -0.322 e. The zero-order valence-electron chi connectivity index (χ0n) is 13.8. The third-order valence-electron chi connectivity index (χ3n) is 3.57. The highest BCUT2D eigenvalue weighted by molar-refractivity contribution is 7.92. The lowest BCUT2D eigenvalue weighted by Crippen LogP contribution is -2.14. The Bertz CT molecular complexity index is 1050. The number of hydrogen-bond acceptors (Lipinski definition) is 3. The van der Waals surface area contributed by atoms with Crippen molar-refractivity contribution in [2.75, 3.05) is 10.0 Å². The molecule has 1 amide bonds. The highest BCUT2D eigenvalue weighted by Gasteiger charge is 2.14. The van der Waals surface area contributed by atoms with E-state index in [4.69, 9.17) is 23.2 Å². The fourth-order valence-corrected chi connectivity index (χ4v) is 3.91. The van der Waals surface area contributed by atoms with Crippen molar-refractivity contribution in [2.24, 2.45) is 0 Å². The van der Waals surface area contributed by atoms with Crippen molar-refractivity contribution in [3.8, 4) is 0 Å². The highest BCUT2D eigenvalue weighted by atomic mass is 35.5. The average molecular weight is 421 g/mol. The standard InChI is InChI=1S/C19H14Cl2N2O3S/c20-14-10-13(11-15(21)12-14)19(24)22-16-6-8-18(9-7-16)27(25,26)23-17-4-2-1-3-5-17/h1-12,23H,(H,22,24). The molecule has 0 spiro atoms. The maximum absolute atomic E-state index is 12.4. The largest absolute Gasteiger partial charge is 0.322 e. The van der Waals surface area contributed by atoms with Crippen LogP contribution in [0.5, 0.6) is 0 Å². The van der Waals surface area contributed by atoms with Crippen LogP contribution in [0.3, 0.4) is 0 Å². The van der Waals surface area contributed by atoms with E-state index in [2.05, 4.69) is 10.0 Å². The molecule has 3 aromatic rings. The van der Waals surface area contributed by atoms with Gasteiger partial charge in [-0.2, -0.15) is 0 Å². The number of benzene rings is 3. The Hall–Kier alpha value is -2.54. The zero-order chi connectivity index (χ0) is 19.4. The number of rotatable bonds is 5. The molecule has 0 aliphatic heterocycles. The average Bonchev–Trinajstić information content (AvgIpc) is 2.62. The van der Waals surface area contributed by atoms with Crippen LogP contribution in [0, 0.1) is 0 Å². The highest BCUT2D eigenvalue weighted by Crippen LogP contribution is 2.21. The summed E-state index contributed by atoms with van der Waals surface area (Å²) in [7, 11) is -3.72. The molecular formula is C19H14Cl2N2O3S. The molecular weight excluding hydrogens is 407 g/mol. The Kier molecular flexibility index (Phi) is 5.70. The van der Waals surface area contributed by atoms with Crippen molar-refractivity contribution >= 4 is 50.5 Å². The van der Waals surface area contributed by atoms with E-state index in [1.54, 1.807) is 30.3 Å². The topological polar surface area (TPSA) is 75.3 Å². The number of para-hydroxylation sites is 1. The Labute approximate surface area is 167 Å². The lowest BCUT2D eigenvalue weighted by molar-refractivity contribution is 0.102. The minimum atomic E-state index is -3.72. The second kappa shape index (κ2) is 8.00. The molecule has 0 radical (unpaired) electrons. The first kappa shape index (κ1) is 19.2. The van der Waals surface area contributed by atoms with Gasteiger partial charge in [0, 0.05) is 27.0 Å². The lowest BCUT2D eigenvalue weighted by atomic mass is 10.2. The summed E-state index contributed by atoms with van der Waals surface area (Å²) in [6.45, 7) is 0. The molecule has 0 saturated carbocycles. The van der Waals surface area contributed by atoms with Crippen molar-refractivity contribution in [1.82, 2.24) is 0 Å². The van der Waals surface area contributed by atoms with E-state index < -0.39 is 15.9 Å². The molecule has 138 valence electrons. The number of anilines is 2. The minimum absolute atomic E-state index is 0.0788. The molecule has 0 aliphatic carbocycles. The van der Waals surface area contributed by atoms with E-state index in [9.17, 15) is 13.2 Å². The van der Waals surface area contributed by atoms with Gasteiger partial charge in [-0.15, -0.1) is 0 Å². The molecule has 27 heavy (non-hydrogen) atoms. The summed E-state index contributed by atoms with van der Waals surface area (Å²) in [4.78, 5) is 12.4. The van der Waals surface area contributed by atoms with Gasteiger partial charge >= 0.3 is 0 Å². The van der Waals surface area contributed by atoms with Gasteiger partial charge < -0.3 is 5.32 Å². The second-order valence-corrected chi connectivity index (χ2v) is 8.16. The first-order valence-electron chi connectivity index (χ1n) is 7.79. The Morgan fingerprint density at radius 3 is 1.96 bits per heavy atom. The number of nitrogens with one attached hydrogen (secondary N) is 2. The number of sulfonamides is 1. The van der Waals surface area contributed by atoms with Crippen LogP contribution in [0.1, 0.15) is 10.4 Å². The molecule has 3 rings (SSSR count). The molecule has 0 unspecified atom stereocenters. The Morgan fingerprint density at radius 1 is 0.778 bits per heavy atom. The van der Waals surface area contributed by atoms with E-state index >= 15 is 0 Å². The van der Waals surface area contributed by atoms with Crippen LogP contribution in [0.25, 0.3) is 0 Å². The molecule has 3 aromatic carbocycles. The molecule has 0 saturated heterocycles. The van der Waals surface area contributed by atoms with Crippen molar-refractivity contribution in [3.05, 3.63) is 88.4 Å². The van der Waals surface area contributed by atoms with Crippen LogP contribution in [-0.4, -0.2) is 14.3 Å². The first-order chi connectivity index (χ1) is 12.8. The third kappa shape index (κ3) is 5.01. The van der Waals surface area contributed by atoms with Crippen molar-refractivity contribution in [3.63, 3.8) is 0 Å². The number of hydrogen-bond donors (Lipinski definition) is 2. The summed E-state index contributed by atoms with van der Waals surface area (Å²) in [5, 5.41) is 3.37. The molecule has 5 nitrogen and oxygen atoms in total. The van der Waals surface area contributed by atoms with Gasteiger partial charge in [0.25, 0.3) is 15.9 Å². The van der Waals surface area contributed by atoms with E-state index in [1.165, 1.54) is 42.5 Å². The summed E-state index contributed by atoms with van der Waals surface area (Å²) >= 11 is 11.8. The quantitative estimate of drug-likeness (QED) is 0.606. The number of amides is 1. The Balaban J connectivity index is 1.74. The predicted octanol–water partition coefficient (Wildman–Crippen LogP) is 5.05. The van der Waals surface area contributed by atoms with Crippen molar-refractivity contribution in [2.45, 2.75) is 4.90 Å². The first-order valence-corrected chi connectivity index (χ1v) is 10.0. The third-order valence-corrected chi connectivity index (χ3v) is 5.41. The molecule has 0 fully saturated rings. The summed E-state index contributed by atoms with van der Waals surface area (Å²) in [5.74, 6) is -0.405. The number of carbonyl (C=O) groups is 1. The fraction of sp³-hybridized carbons (Fsp3) is 0. The molecule has 0 heterocycles. The van der Waals surface area contributed by atoms with Gasteiger partial charge in [-0.05, 0) is 54.6 Å². The van der Waals surface area contributed by atoms with Crippen LogP contribution in [-0.2, 0) is 10.0 Å².